The Bertz CT molecular complexity index is 405. The first-order chi connectivity index (χ1) is 8.61. The second-order valence-electron chi connectivity index (χ2n) is 5.36. The van der Waals surface area contributed by atoms with Crippen LogP contribution in [-0.2, 0) is 4.74 Å². The van der Waals surface area contributed by atoms with Crippen LogP contribution in [0.3, 0.4) is 0 Å². The average Bonchev–Trinajstić information content (AvgIpc) is 2.76. The Hall–Kier alpha value is -1.06. The lowest BCUT2D eigenvalue weighted by atomic mass is 10.0. The van der Waals surface area contributed by atoms with Gasteiger partial charge in [0.25, 0.3) is 0 Å². The summed E-state index contributed by atoms with van der Waals surface area (Å²) in [6.07, 6.45) is 0. The Morgan fingerprint density at radius 1 is 1.33 bits per heavy atom. The highest BCUT2D eigenvalue weighted by Gasteiger charge is 2.28. The molecule has 1 aromatic rings. The average molecular weight is 248 g/mol. The second-order valence-corrected chi connectivity index (χ2v) is 5.36. The molecule has 3 heteroatoms. The van der Waals surface area contributed by atoms with Gasteiger partial charge < -0.3 is 15.0 Å². The van der Waals surface area contributed by atoms with Gasteiger partial charge in [0.15, 0.2) is 0 Å². The van der Waals surface area contributed by atoms with Crippen LogP contribution in [0, 0.1) is 19.8 Å². The van der Waals surface area contributed by atoms with Gasteiger partial charge in [-0.15, -0.1) is 0 Å². The molecule has 2 unspecified atom stereocenters. The summed E-state index contributed by atoms with van der Waals surface area (Å²) in [5.74, 6) is 0.570. The molecule has 0 aliphatic carbocycles. The molecule has 1 heterocycles. The summed E-state index contributed by atoms with van der Waals surface area (Å²) >= 11 is 0. The summed E-state index contributed by atoms with van der Waals surface area (Å²) in [5.41, 5.74) is 3.99. The number of rotatable bonds is 4. The van der Waals surface area contributed by atoms with E-state index in [1.807, 2.05) is 7.05 Å². The van der Waals surface area contributed by atoms with Gasteiger partial charge in [-0.2, -0.15) is 0 Å². The summed E-state index contributed by atoms with van der Waals surface area (Å²) in [4.78, 5) is 2.35. The van der Waals surface area contributed by atoms with Gasteiger partial charge >= 0.3 is 0 Å². The highest BCUT2D eigenvalue weighted by atomic mass is 16.5. The molecule has 0 saturated carbocycles. The van der Waals surface area contributed by atoms with E-state index in [-0.39, 0.29) is 0 Å². The van der Waals surface area contributed by atoms with Crippen LogP contribution >= 0.6 is 0 Å². The number of nitrogens with zero attached hydrogens (tertiary/aromatic N) is 1. The molecular formula is C15H24N2O. The molecule has 2 atom stereocenters. The summed E-state index contributed by atoms with van der Waals surface area (Å²) < 4.78 is 5.56. The van der Waals surface area contributed by atoms with E-state index in [0.717, 1.165) is 19.8 Å². The highest BCUT2D eigenvalue weighted by Crippen LogP contribution is 2.23. The van der Waals surface area contributed by atoms with Gasteiger partial charge in [-0.05, 0) is 32.5 Å². The van der Waals surface area contributed by atoms with Crippen LogP contribution in [0.2, 0.25) is 0 Å². The number of nitrogens with one attached hydrogen (secondary N) is 1. The monoisotopic (exact) mass is 248 g/mol. The minimum Gasteiger partial charge on any atom is -0.379 e. The summed E-state index contributed by atoms with van der Waals surface area (Å²) in [5, 5.41) is 3.34. The predicted octanol–water partition coefficient (Wildman–Crippen LogP) is 1.97. The van der Waals surface area contributed by atoms with Crippen LogP contribution < -0.4 is 10.2 Å². The predicted molar refractivity (Wildman–Crippen MR) is 76.3 cm³/mol. The number of hydrogen-bond acceptors (Lipinski definition) is 3. The summed E-state index contributed by atoms with van der Waals surface area (Å²) in [6, 6.07) is 7.12. The number of ether oxygens (including phenoxy) is 1. The van der Waals surface area contributed by atoms with Crippen molar-refractivity contribution in [3.8, 4) is 0 Å². The van der Waals surface area contributed by atoms with Gasteiger partial charge in [-0.1, -0.05) is 17.7 Å². The van der Waals surface area contributed by atoms with Crippen LogP contribution in [0.5, 0.6) is 0 Å². The molecule has 100 valence electrons. The maximum Gasteiger partial charge on any atom is 0.0623 e. The number of benzene rings is 1. The maximum atomic E-state index is 5.56. The van der Waals surface area contributed by atoms with Crippen molar-refractivity contribution < 1.29 is 4.74 Å². The van der Waals surface area contributed by atoms with E-state index >= 15 is 0 Å². The van der Waals surface area contributed by atoms with Gasteiger partial charge in [0.2, 0.25) is 0 Å². The lowest BCUT2D eigenvalue weighted by Crippen LogP contribution is -2.39. The molecule has 0 radical (unpaired) electrons. The molecule has 0 amide bonds. The third-order valence-electron chi connectivity index (χ3n) is 3.84. The summed E-state index contributed by atoms with van der Waals surface area (Å²) in [6.45, 7) is 7.05. The highest BCUT2D eigenvalue weighted by molar-refractivity contribution is 5.53. The van der Waals surface area contributed by atoms with Crippen LogP contribution in [0.1, 0.15) is 11.1 Å². The third kappa shape index (κ3) is 2.85. The molecule has 18 heavy (non-hydrogen) atoms. The Labute approximate surface area is 110 Å². The van der Waals surface area contributed by atoms with Crippen molar-refractivity contribution >= 4 is 5.69 Å². The molecule has 1 fully saturated rings. The minimum atomic E-state index is 0.484. The number of hydrogen-bond donors (Lipinski definition) is 1. The van der Waals surface area contributed by atoms with E-state index in [1.165, 1.54) is 16.8 Å². The Morgan fingerprint density at radius 3 is 2.78 bits per heavy atom. The van der Waals surface area contributed by atoms with Crippen LogP contribution in [-0.4, -0.2) is 39.9 Å². The first-order valence-corrected chi connectivity index (χ1v) is 6.65. The van der Waals surface area contributed by atoms with Crippen molar-refractivity contribution in [2.75, 3.05) is 38.8 Å². The summed E-state index contributed by atoms with van der Waals surface area (Å²) in [7, 11) is 4.19. The van der Waals surface area contributed by atoms with E-state index in [2.05, 4.69) is 49.3 Å². The van der Waals surface area contributed by atoms with Crippen molar-refractivity contribution in [3.05, 3.63) is 29.3 Å². The molecule has 1 aromatic carbocycles. The molecule has 1 aliphatic heterocycles. The first kappa shape index (κ1) is 13.4. The largest absolute Gasteiger partial charge is 0.379 e. The number of aryl methyl sites for hydroxylation is 2. The SMILES string of the molecule is CNC1COCC1CN(C)c1ccc(C)cc1C. The van der Waals surface area contributed by atoms with Gasteiger partial charge in [-0.3, -0.25) is 0 Å². The van der Waals surface area contributed by atoms with Crippen molar-refractivity contribution in [3.63, 3.8) is 0 Å². The van der Waals surface area contributed by atoms with E-state index < -0.39 is 0 Å². The molecule has 1 aliphatic rings. The molecular weight excluding hydrogens is 224 g/mol. The fraction of sp³-hybridized carbons (Fsp3) is 0.600. The standard InChI is InChI=1S/C15H24N2O/c1-11-5-6-15(12(2)7-11)17(4)8-13-9-18-10-14(13)16-3/h5-7,13-14,16H,8-10H2,1-4H3. The smallest absolute Gasteiger partial charge is 0.0623 e. The lowest BCUT2D eigenvalue weighted by Gasteiger charge is -2.27. The fourth-order valence-electron chi connectivity index (χ4n) is 2.78. The van der Waals surface area contributed by atoms with Gasteiger partial charge in [-0.25, -0.2) is 0 Å². The molecule has 0 bridgehead atoms. The van der Waals surface area contributed by atoms with Crippen molar-refractivity contribution in [1.82, 2.24) is 5.32 Å². The van der Waals surface area contributed by atoms with Crippen molar-refractivity contribution in [2.24, 2.45) is 5.92 Å². The molecule has 3 nitrogen and oxygen atoms in total. The van der Waals surface area contributed by atoms with Gasteiger partial charge in [0.1, 0.15) is 0 Å². The van der Waals surface area contributed by atoms with Crippen molar-refractivity contribution in [2.45, 2.75) is 19.9 Å². The van der Waals surface area contributed by atoms with E-state index in [0.29, 0.717) is 12.0 Å². The minimum absolute atomic E-state index is 0.484. The molecule has 0 aromatic heterocycles. The molecule has 1 N–H and O–H groups in total. The third-order valence-corrected chi connectivity index (χ3v) is 3.84. The second kappa shape index (κ2) is 5.72. The normalized spacial score (nSPS) is 23.3. The zero-order valence-corrected chi connectivity index (χ0v) is 11.9. The zero-order valence-electron chi connectivity index (χ0n) is 11.9. The first-order valence-electron chi connectivity index (χ1n) is 6.65. The van der Waals surface area contributed by atoms with Crippen molar-refractivity contribution in [1.29, 1.82) is 0 Å². The Kier molecular flexibility index (Phi) is 4.25. The zero-order chi connectivity index (χ0) is 13.1. The Balaban J connectivity index is 2.05. The van der Waals surface area contributed by atoms with E-state index in [9.17, 15) is 0 Å². The fourth-order valence-corrected chi connectivity index (χ4v) is 2.78. The topological polar surface area (TPSA) is 24.5 Å². The molecule has 0 spiro atoms. The molecule has 2 rings (SSSR count). The van der Waals surface area contributed by atoms with E-state index in [4.69, 9.17) is 4.74 Å². The van der Waals surface area contributed by atoms with E-state index in [1.54, 1.807) is 0 Å². The number of anilines is 1. The quantitative estimate of drug-likeness (QED) is 0.881. The Morgan fingerprint density at radius 2 is 2.11 bits per heavy atom. The lowest BCUT2D eigenvalue weighted by molar-refractivity contribution is 0.183. The molecule has 1 saturated heterocycles. The van der Waals surface area contributed by atoms with Crippen LogP contribution in [0.4, 0.5) is 5.69 Å². The van der Waals surface area contributed by atoms with Gasteiger partial charge in [0, 0.05) is 31.2 Å². The van der Waals surface area contributed by atoms with Gasteiger partial charge in [0.05, 0.1) is 13.2 Å². The number of likely N-dealkylation sites (N-methyl/N-ethyl adjacent to an activating group) is 1. The van der Waals surface area contributed by atoms with Crippen LogP contribution in [0.15, 0.2) is 18.2 Å². The maximum absolute atomic E-state index is 5.56. The van der Waals surface area contributed by atoms with Crippen LogP contribution in [0.25, 0.3) is 0 Å².